The van der Waals surface area contributed by atoms with Crippen LogP contribution in [0.2, 0.25) is 5.02 Å². The van der Waals surface area contributed by atoms with Crippen molar-refractivity contribution in [3.63, 3.8) is 0 Å². The van der Waals surface area contributed by atoms with Gasteiger partial charge in [-0.3, -0.25) is 9.10 Å². The van der Waals surface area contributed by atoms with E-state index in [9.17, 15) is 13.2 Å². The van der Waals surface area contributed by atoms with Crippen molar-refractivity contribution in [3.8, 4) is 0 Å². The molecule has 0 aromatic heterocycles. The molecule has 0 atom stereocenters. The van der Waals surface area contributed by atoms with Crippen LogP contribution in [0.1, 0.15) is 20.3 Å². The highest BCUT2D eigenvalue weighted by molar-refractivity contribution is 7.92. The lowest BCUT2D eigenvalue weighted by molar-refractivity contribution is -0.121. The number of hydrogen-bond acceptors (Lipinski definition) is 3. The molecular formula is C14H21ClN2O3S. The lowest BCUT2D eigenvalue weighted by atomic mass is 10.2. The SMILES string of the molecule is CC(C)CNC(=O)CCN(c1ccc(Cl)cc1)S(C)(=O)=O. The van der Waals surface area contributed by atoms with Crippen molar-refractivity contribution >= 4 is 33.2 Å². The molecule has 0 saturated carbocycles. The molecule has 1 amide bonds. The van der Waals surface area contributed by atoms with Crippen LogP contribution in [0.4, 0.5) is 5.69 Å². The van der Waals surface area contributed by atoms with E-state index in [-0.39, 0.29) is 18.9 Å². The standard InChI is InChI=1S/C14H21ClN2O3S/c1-11(2)10-16-14(18)8-9-17(21(3,19)20)13-6-4-12(15)5-7-13/h4-7,11H,8-10H2,1-3H3,(H,16,18). The van der Waals surface area contributed by atoms with Gasteiger partial charge in [0, 0.05) is 24.5 Å². The van der Waals surface area contributed by atoms with E-state index in [4.69, 9.17) is 11.6 Å². The Kier molecular flexibility index (Phi) is 6.48. The third kappa shape index (κ3) is 6.35. The first-order chi connectivity index (χ1) is 9.70. The zero-order chi connectivity index (χ0) is 16.0. The topological polar surface area (TPSA) is 66.5 Å². The zero-order valence-electron chi connectivity index (χ0n) is 12.5. The van der Waals surface area contributed by atoms with Crippen molar-refractivity contribution in [2.45, 2.75) is 20.3 Å². The van der Waals surface area contributed by atoms with Gasteiger partial charge in [0.15, 0.2) is 0 Å². The molecule has 0 saturated heterocycles. The van der Waals surface area contributed by atoms with Crippen molar-refractivity contribution in [1.29, 1.82) is 0 Å². The molecular weight excluding hydrogens is 312 g/mol. The van der Waals surface area contributed by atoms with Gasteiger partial charge in [-0.05, 0) is 30.2 Å². The van der Waals surface area contributed by atoms with Crippen LogP contribution in [0.5, 0.6) is 0 Å². The Morgan fingerprint density at radius 1 is 1.29 bits per heavy atom. The van der Waals surface area contributed by atoms with E-state index in [1.54, 1.807) is 24.3 Å². The Balaban J connectivity index is 2.73. The number of sulfonamides is 1. The average molecular weight is 333 g/mol. The van der Waals surface area contributed by atoms with Crippen molar-refractivity contribution in [2.24, 2.45) is 5.92 Å². The van der Waals surface area contributed by atoms with E-state index in [0.29, 0.717) is 23.2 Å². The Morgan fingerprint density at radius 3 is 2.33 bits per heavy atom. The number of halogens is 1. The maximum atomic E-state index is 11.9. The maximum absolute atomic E-state index is 11.9. The molecule has 0 heterocycles. The Labute approximate surface area is 131 Å². The summed E-state index contributed by atoms with van der Waals surface area (Å²) in [6, 6.07) is 6.48. The van der Waals surface area contributed by atoms with E-state index in [0.717, 1.165) is 6.26 Å². The summed E-state index contributed by atoms with van der Waals surface area (Å²) in [5.74, 6) is 0.197. The van der Waals surface area contributed by atoms with Crippen molar-refractivity contribution in [1.82, 2.24) is 5.32 Å². The summed E-state index contributed by atoms with van der Waals surface area (Å²) >= 11 is 5.80. The number of amides is 1. The minimum atomic E-state index is -3.45. The fourth-order valence-corrected chi connectivity index (χ4v) is 2.76. The van der Waals surface area contributed by atoms with Crippen molar-refractivity contribution in [2.75, 3.05) is 23.7 Å². The molecule has 0 aliphatic carbocycles. The Morgan fingerprint density at radius 2 is 1.86 bits per heavy atom. The van der Waals surface area contributed by atoms with Crippen LogP contribution < -0.4 is 9.62 Å². The van der Waals surface area contributed by atoms with Crippen molar-refractivity contribution < 1.29 is 13.2 Å². The van der Waals surface area contributed by atoms with E-state index < -0.39 is 10.0 Å². The first-order valence-electron chi connectivity index (χ1n) is 6.70. The largest absolute Gasteiger partial charge is 0.356 e. The summed E-state index contributed by atoms with van der Waals surface area (Å²) < 4.78 is 24.9. The molecule has 0 fully saturated rings. The molecule has 0 radical (unpaired) electrons. The fraction of sp³-hybridized carbons (Fsp3) is 0.500. The molecule has 7 heteroatoms. The molecule has 118 valence electrons. The zero-order valence-corrected chi connectivity index (χ0v) is 14.0. The van der Waals surface area contributed by atoms with Gasteiger partial charge in [0.05, 0.1) is 11.9 Å². The van der Waals surface area contributed by atoms with Crippen LogP contribution in [0.3, 0.4) is 0 Å². The number of rotatable bonds is 7. The van der Waals surface area contributed by atoms with Gasteiger partial charge in [-0.2, -0.15) is 0 Å². The molecule has 1 aromatic carbocycles. The van der Waals surface area contributed by atoms with Crippen LogP contribution in [0.15, 0.2) is 24.3 Å². The van der Waals surface area contributed by atoms with E-state index >= 15 is 0 Å². The maximum Gasteiger partial charge on any atom is 0.232 e. The molecule has 0 aliphatic rings. The normalized spacial score (nSPS) is 11.5. The number of anilines is 1. The highest BCUT2D eigenvalue weighted by Gasteiger charge is 2.18. The predicted octanol–water partition coefficient (Wildman–Crippen LogP) is 2.27. The first kappa shape index (κ1) is 17.8. The van der Waals surface area contributed by atoms with Gasteiger partial charge in [-0.1, -0.05) is 25.4 Å². The number of benzene rings is 1. The summed E-state index contributed by atoms with van der Waals surface area (Å²) in [6.45, 7) is 4.68. The van der Waals surface area contributed by atoms with Gasteiger partial charge >= 0.3 is 0 Å². The predicted molar refractivity (Wildman–Crippen MR) is 86.1 cm³/mol. The van der Waals surface area contributed by atoms with Gasteiger partial charge in [0.25, 0.3) is 0 Å². The molecule has 0 bridgehead atoms. The first-order valence-corrected chi connectivity index (χ1v) is 8.92. The molecule has 1 rings (SSSR count). The minimum Gasteiger partial charge on any atom is -0.356 e. The van der Waals surface area contributed by atoms with Crippen molar-refractivity contribution in [3.05, 3.63) is 29.3 Å². The van der Waals surface area contributed by atoms with Gasteiger partial charge in [0.1, 0.15) is 0 Å². The summed E-state index contributed by atoms with van der Waals surface area (Å²) in [5, 5.41) is 3.30. The summed E-state index contributed by atoms with van der Waals surface area (Å²) in [4.78, 5) is 11.7. The summed E-state index contributed by atoms with van der Waals surface area (Å²) in [5.41, 5.74) is 0.499. The smallest absolute Gasteiger partial charge is 0.232 e. The number of carbonyl (C=O) groups excluding carboxylic acids is 1. The van der Waals surface area contributed by atoms with E-state index in [2.05, 4.69) is 5.32 Å². The number of nitrogens with zero attached hydrogens (tertiary/aromatic N) is 1. The van der Waals surface area contributed by atoms with E-state index in [1.807, 2.05) is 13.8 Å². The molecule has 0 spiro atoms. The average Bonchev–Trinajstić information content (AvgIpc) is 2.37. The number of carbonyl (C=O) groups is 1. The summed E-state index contributed by atoms with van der Waals surface area (Å²) in [7, 11) is -3.45. The van der Waals surface area contributed by atoms with Gasteiger partial charge < -0.3 is 5.32 Å². The van der Waals surface area contributed by atoms with Gasteiger partial charge in [-0.15, -0.1) is 0 Å². The molecule has 1 aromatic rings. The van der Waals surface area contributed by atoms with Crippen LogP contribution in [0.25, 0.3) is 0 Å². The quantitative estimate of drug-likeness (QED) is 0.833. The van der Waals surface area contributed by atoms with E-state index in [1.165, 1.54) is 4.31 Å². The molecule has 5 nitrogen and oxygen atoms in total. The second kappa shape index (κ2) is 7.66. The molecule has 0 aliphatic heterocycles. The lowest BCUT2D eigenvalue weighted by Crippen LogP contribution is -2.35. The van der Waals surface area contributed by atoms with Crippen LogP contribution in [-0.4, -0.2) is 33.7 Å². The van der Waals surface area contributed by atoms with Crippen LogP contribution >= 0.6 is 11.6 Å². The third-order valence-electron chi connectivity index (χ3n) is 2.76. The number of hydrogen-bond donors (Lipinski definition) is 1. The highest BCUT2D eigenvalue weighted by Crippen LogP contribution is 2.20. The molecule has 0 unspecified atom stereocenters. The number of nitrogens with one attached hydrogen (secondary N) is 1. The molecule has 1 N–H and O–H groups in total. The van der Waals surface area contributed by atoms with Crippen LogP contribution in [0, 0.1) is 5.92 Å². The minimum absolute atomic E-state index is 0.102. The van der Waals surface area contributed by atoms with Crippen LogP contribution in [-0.2, 0) is 14.8 Å². The molecule has 21 heavy (non-hydrogen) atoms. The second-order valence-electron chi connectivity index (χ2n) is 5.26. The lowest BCUT2D eigenvalue weighted by Gasteiger charge is -2.22. The monoisotopic (exact) mass is 332 g/mol. The van der Waals surface area contributed by atoms with Gasteiger partial charge in [0.2, 0.25) is 15.9 Å². The highest BCUT2D eigenvalue weighted by atomic mass is 35.5. The third-order valence-corrected chi connectivity index (χ3v) is 4.21. The summed E-state index contributed by atoms with van der Waals surface area (Å²) in [6.07, 6.45) is 1.23. The fourth-order valence-electron chi connectivity index (χ4n) is 1.70. The Hall–Kier alpha value is -1.27. The Bertz CT molecular complexity index is 570. The second-order valence-corrected chi connectivity index (χ2v) is 7.60. The van der Waals surface area contributed by atoms with Gasteiger partial charge in [-0.25, -0.2) is 8.42 Å².